The average molecular weight is 537 g/mol. The summed E-state index contributed by atoms with van der Waals surface area (Å²) >= 11 is 0. The van der Waals surface area contributed by atoms with Crippen LogP contribution in [0, 0.1) is 6.92 Å². The quantitative estimate of drug-likeness (QED) is 0.302. The number of sulfonamides is 1. The maximum Gasteiger partial charge on any atom is 0.424 e. The third-order valence-corrected chi connectivity index (χ3v) is 7.09. The Morgan fingerprint density at radius 3 is 2.24 bits per heavy atom. The number of carbonyl (C=O) groups excluding carboxylic acids is 1. The lowest BCUT2D eigenvalue weighted by Crippen LogP contribution is -2.42. The molecule has 0 unspecified atom stereocenters. The summed E-state index contributed by atoms with van der Waals surface area (Å²) in [5.74, 6) is 0.593. The van der Waals surface area contributed by atoms with Gasteiger partial charge in [0.25, 0.3) is 10.0 Å². The van der Waals surface area contributed by atoms with E-state index in [1.54, 1.807) is 45.9 Å². The third-order valence-electron chi connectivity index (χ3n) is 5.31. The molecule has 2 aromatic heterocycles. The largest absolute Gasteiger partial charge is 0.462 e. The molecule has 0 radical (unpaired) electrons. The molecule has 38 heavy (non-hydrogen) atoms. The fourth-order valence-corrected chi connectivity index (χ4v) is 4.91. The standard InChI is InChI=1S/C27H28N4O6S/c1-19-23(24(30-37-19)21-9-6-5-7-10-21)20-11-13-22(14-12-20)38(33,34)31(26(32)36-27(2,3)4)17-18-35-25-28-15-8-16-29-25/h5-16H,17-18H2,1-4H3. The predicted octanol–water partition coefficient (Wildman–Crippen LogP) is 5.11. The van der Waals surface area contributed by atoms with Gasteiger partial charge in [-0.05, 0) is 51.5 Å². The van der Waals surface area contributed by atoms with Crippen molar-refractivity contribution in [3.8, 4) is 28.4 Å². The first-order chi connectivity index (χ1) is 18.1. The molecule has 0 bridgehead atoms. The number of nitrogens with zero attached hydrogens (tertiary/aromatic N) is 4. The summed E-state index contributed by atoms with van der Waals surface area (Å²) in [5, 5.41) is 4.19. The molecule has 0 aliphatic rings. The van der Waals surface area contributed by atoms with Gasteiger partial charge in [-0.3, -0.25) is 0 Å². The lowest BCUT2D eigenvalue weighted by Gasteiger charge is -2.27. The second kappa shape index (κ2) is 11.0. The Bertz CT molecular complexity index is 1480. The van der Waals surface area contributed by atoms with Crippen molar-refractivity contribution < 1.29 is 27.2 Å². The summed E-state index contributed by atoms with van der Waals surface area (Å²) in [4.78, 5) is 20.7. The van der Waals surface area contributed by atoms with Gasteiger partial charge < -0.3 is 14.0 Å². The van der Waals surface area contributed by atoms with Crippen molar-refractivity contribution >= 4 is 16.1 Å². The van der Waals surface area contributed by atoms with Crippen molar-refractivity contribution in [3.63, 3.8) is 0 Å². The minimum Gasteiger partial charge on any atom is -0.462 e. The van der Waals surface area contributed by atoms with Crippen LogP contribution in [0.15, 0.2) is 82.5 Å². The second-order valence-electron chi connectivity index (χ2n) is 9.29. The molecular formula is C27H28N4O6S. The van der Waals surface area contributed by atoms with Gasteiger partial charge in [-0.25, -0.2) is 23.2 Å². The molecule has 0 aliphatic heterocycles. The minimum atomic E-state index is -4.29. The van der Waals surface area contributed by atoms with Crippen LogP contribution in [0.1, 0.15) is 26.5 Å². The third kappa shape index (κ3) is 6.17. The number of carbonyl (C=O) groups is 1. The van der Waals surface area contributed by atoms with Crippen LogP contribution in [0.4, 0.5) is 4.79 Å². The van der Waals surface area contributed by atoms with E-state index in [2.05, 4.69) is 15.1 Å². The molecule has 0 saturated heterocycles. The van der Waals surface area contributed by atoms with Crippen molar-refractivity contribution in [2.24, 2.45) is 0 Å². The van der Waals surface area contributed by atoms with E-state index in [0.29, 0.717) is 15.8 Å². The van der Waals surface area contributed by atoms with Crippen LogP contribution in [0.3, 0.4) is 0 Å². The lowest BCUT2D eigenvalue weighted by molar-refractivity contribution is 0.0374. The summed E-state index contributed by atoms with van der Waals surface area (Å²) in [5.41, 5.74) is 2.08. The van der Waals surface area contributed by atoms with Crippen molar-refractivity contribution in [1.29, 1.82) is 0 Å². The second-order valence-corrected chi connectivity index (χ2v) is 11.2. The Hall–Kier alpha value is -4.25. The van der Waals surface area contributed by atoms with E-state index in [1.807, 2.05) is 30.3 Å². The molecule has 1 amide bonds. The monoisotopic (exact) mass is 536 g/mol. The highest BCUT2D eigenvalue weighted by Gasteiger charge is 2.33. The summed E-state index contributed by atoms with van der Waals surface area (Å²) in [6.07, 6.45) is 1.97. The Morgan fingerprint density at radius 1 is 0.947 bits per heavy atom. The van der Waals surface area contributed by atoms with Gasteiger partial charge in [0.2, 0.25) is 0 Å². The summed E-state index contributed by atoms with van der Waals surface area (Å²) < 4.78 is 44.0. The average Bonchev–Trinajstić information content (AvgIpc) is 3.28. The highest BCUT2D eigenvalue weighted by molar-refractivity contribution is 7.89. The molecule has 0 aliphatic carbocycles. The van der Waals surface area contributed by atoms with Gasteiger partial charge >= 0.3 is 12.1 Å². The van der Waals surface area contributed by atoms with Crippen LogP contribution in [0.25, 0.3) is 22.4 Å². The Kier molecular flexibility index (Phi) is 7.77. The summed E-state index contributed by atoms with van der Waals surface area (Å²) in [7, 11) is -4.29. The highest BCUT2D eigenvalue weighted by atomic mass is 32.2. The fraction of sp³-hybridized carbons (Fsp3) is 0.259. The van der Waals surface area contributed by atoms with Gasteiger partial charge in [0.15, 0.2) is 0 Å². The molecule has 0 saturated carbocycles. The van der Waals surface area contributed by atoms with Crippen molar-refractivity contribution in [2.75, 3.05) is 13.2 Å². The molecule has 0 N–H and O–H groups in total. The molecule has 2 heterocycles. The van der Waals surface area contributed by atoms with Gasteiger partial charge in [-0.1, -0.05) is 47.6 Å². The van der Waals surface area contributed by atoms with Crippen molar-refractivity contribution in [1.82, 2.24) is 19.4 Å². The molecule has 0 atom stereocenters. The Morgan fingerprint density at radius 2 is 1.61 bits per heavy atom. The molecule has 4 rings (SSSR count). The number of aryl methyl sites for hydroxylation is 1. The molecule has 2 aromatic carbocycles. The van der Waals surface area contributed by atoms with Gasteiger partial charge in [0.05, 0.1) is 17.0 Å². The zero-order valence-corrected chi connectivity index (χ0v) is 22.3. The molecule has 0 fully saturated rings. The number of aromatic nitrogens is 3. The van der Waals surface area contributed by atoms with Crippen LogP contribution in [0.2, 0.25) is 0 Å². The van der Waals surface area contributed by atoms with E-state index in [1.165, 1.54) is 24.5 Å². The highest BCUT2D eigenvalue weighted by Crippen LogP contribution is 2.35. The normalized spacial score (nSPS) is 11.7. The van der Waals surface area contributed by atoms with Gasteiger partial charge in [-0.2, -0.15) is 4.31 Å². The lowest BCUT2D eigenvalue weighted by atomic mass is 10.00. The van der Waals surface area contributed by atoms with Crippen LogP contribution in [-0.4, -0.2) is 52.7 Å². The maximum absolute atomic E-state index is 13.6. The predicted molar refractivity (Wildman–Crippen MR) is 140 cm³/mol. The number of hydrogen-bond donors (Lipinski definition) is 0. The number of hydrogen-bond acceptors (Lipinski definition) is 9. The number of benzene rings is 2. The zero-order valence-electron chi connectivity index (χ0n) is 21.5. The molecular weight excluding hydrogens is 508 g/mol. The van der Waals surface area contributed by atoms with Gasteiger partial charge in [0.1, 0.15) is 23.7 Å². The molecule has 0 spiro atoms. The van der Waals surface area contributed by atoms with E-state index < -0.39 is 21.7 Å². The van der Waals surface area contributed by atoms with E-state index in [9.17, 15) is 13.2 Å². The van der Waals surface area contributed by atoms with E-state index in [4.69, 9.17) is 14.0 Å². The van der Waals surface area contributed by atoms with Crippen molar-refractivity contribution in [3.05, 3.63) is 78.8 Å². The van der Waals surface area contributed by atoms with Crippen LogP contribution < -0.4 is 4.74 Å². The number of ether oxygens (including phenoxy) is 2. The topological polar surface area (TPSA) is 125 Å². The molecule has 198 valence electrons. The maximum atomic E-state index is 13.6. The smallest absolute Gasteiger partial charge is 0.424 e. The van der Waals surface area contributed by atoms with Crippen molar-refractivity contribution in [2.45, 2.75) is 38.2 Å². The van der Waals surface area contributed by atoms with Gasteiger partial charge in [-0.15, -0.1) is 0 Å². The first kappa shape index (κ1) is 26.8. The van der Waals surface area contributed by atoms with Crippen LogP contribution >= 0.6 is 0 Å². The van der Waals surface area contributed by atoms with E-state index in [-0.39, 0.29) is 24.1 Å². The Balaban J connectivity index is 1.61. The van der Waals surface area contributed by atoms with Crippen LogP contribution in [0.5, 0.6) is 6.01 Å². The zero-order chi connectivity index (χ0) is 27.3. The van der Waals surface area contributed by atoms with Gasteiger partial charge in [0, 0.05) is 18.0 Å². The summed E-state index contributed by atoms with van der Waals surface area (Å²) in [6, 6.07) is 17.4. The SMILES string of the molecule is Cc1onc(-c2ccccc2)c1-c1ccc(S(=O)(=O)N(CCOc2ncccn2)C(=O)OC(C)(C)C)cc1. The molecule has 11 heteroatoms. The summed E-state index contributed by atoms with van der Waals surface area (Å²) in [6.45, 7) is 6.29. The van der Waals surface area contributed by atoms with E-state index in [0.717, 1.165) is 16.7 Å². The molecule has 10 nitrogen and oxygen atoms in total. The van der Waals surface area contributed by atoms with E-state index >= 15 is 0 Å². The first-order valence-electron chi connectivity index (χ1n) is 11.8. The number of amides is 1. The Labute approximate surface area is 221 Å². The molecule has 4 aromatic rings. The minimum absolute atomic E-state index is 0.0664. The van der Waals surface area contributed by atoms with Crippen LogP contribution in [-0.2, 0) is 14.8 Å². The first-order valence-corrected chi connectivity index (χ1v) is 13.3. The fourth-order valence-electron chi connectivity index (χ4n) is 3.63. The number of rotatable bonds is 8.